The van der Waals surface area contributed by atoms with Crippen LogP contribution in [0.25, 0.3) is 0 Å². The number of pyridine rings is 1. The number of hydrogen-bond donors (Lipinski definition) is 0. The van der Waals surface area contributed by atoms with E-state index in [4.69, 9.17) is 0 Å². The molecule has 1 aromatic carbocycles. The first-order valence-corrected chi connectivity index (χ1v) is 9.22. The molecule has 0 fully saturated rings. The van der Waals surface area contributed by atoms with E-state index in [0.29, 0.717) is 5.69 Å². The lowest BCUT2D eigenvalue weighted by atomic mass is 10.2. The van der Waals surface area contributed by atoms with E-state index in [0.717, 1.165) is 10.6 Å². The molecule has 0 saturated heterocycles. The fourth-order valence-corrected chi connectivity index (χ4v) is 4.82. The molecule has 0 radical (unpaired) electrons. The zero-order valence-electron chi connectivity index (χ0n) is 12.5. The molecule has 3 aromatic rings. The standard InChI is InChI=1S/C16H15N3O2S2/c1-13-18-11-16(22-13)23(20,21)19(15-7-9-17-10-8-15)12-14-5-3-2-4-6-14/h2-11H,12H2,1H3. The van der Waals surface area contributed by atoms with Gasteiger partial charge in [-0.1, -0.05) is 30.3 Å². The number of aromatic nitrogens is 2. The number of rotatable bonds is 5. The van der Waals surface area contributed by atoms with Crippen molar-refractivity contribution in [1.29, 1.82) is 0 Å². The number of sulfonamides is 1. The maximum Gasteiger partial charge on any atom is 0.275 e. The summed E-state index contributed by atoms with van der Waals surface area (Å²) in [6, 6.07) is 12.9. The fourth-order valence-electron chi connectivity index (χ4n) is 2.14. The predicted molar refractivity (Wildman–Crippen MR) is 90.9 cm³/mol. The smallest absolute Gasteiger partial charge is 0.265 e. The summed E-state index contributed by atoms with van der Waals surface area (Å²) >= 11 is 1.17. The summed E-state index contributed by atoms with van der Waals surface area (Å²) in [5.74, 6) is 0. The number of benzene rings is 1. The Morgan fingerprint density at radius 1 is 1.09 bits per heavy atom. The van der Waals surface area contributed by atoms with Crippen LogP contribution in [0.2, 0.25) is 0 Å². The molecule has 0 N–H and O–H groups in total. The molecular formula is C16H15N3O2S2. The first-order chi connectivity index (χ1) is 11.1. The normalized spacial score (nSPS) is 11.3. The van der Waals surface area contributed by atoms with Gasteiger partial charge in [-0.2, -0.15) is 0 Å². The van der Waals surface area contributed by atoms with Gasteiger partial charge in [-0.3, -0.25) is 9.29 Å². The van der Waals surface area contributed by atoms with Crippen molar-refractivity contribution in [2.75, 3.05) is 4.31 Å². The van der Waals surface area contributed by atoms with Gasteiger partial charge in [0.15, 0.2) is 4.21 Å². The summed E-state index contributed by atoms with van der Waals surface area (Å²) in [5, 5.41) is 0.720. The van der Waals surface area contributed by atoms with Crippen LogP contribution < -0.4 is 4.31 Å². The minimum atomic E-state index is -3.67. The van der Waals surface area contributed by atoms with Crippen molar-refractivity contribution in [2.45, 2.75) is 17.7 Å². The predicted octanol–water partition coefficient (Wildman–Crippen LogP) is 3.24. The average molecular weight is 345 g/mol. The molecule has 0 spiro atoms. The molecule has 0 atom stereocenters. The molecular weight excluding hydrogens is 330 g/mol. The van der Waals surface area contributed by atoms with Gasteiger partial charge in [0.2, 0.25) is 0 Å². The third-order valence-corrected chi connectivity index (χ3v) is 6.39. The minimum Gasteiger partial charge on any atom is -0.265 e. The van der Waals surface area contributed by atoms with Crippen LogP contribution in [-0.2, 0) is 16.6 Å². The van der Waals surface area contributed by atoms with Crippen LogP contribution >= 0.6 is 11.3 Å². The quantitative estimate of drug-likeness (QED) is 0.712. The third kappa shape index (κ3) is 3.40. The largest absolute Gasteiger partial charge is 0.275 e. The van der Waals surface area contributed by atoms with Gasteiger partial charge in [0.25, 0.3) is 10.0 Å². The molecule has 0 aliphatic heterocycles. The van der Waals surface area contributed by atoms with E-state index in [2.05, 4.69) is 9.97 Å². The van der Waals surface area contributed by atoms with Gasteiger partial charge in [0, 0.05) is 12.4 Å². The van der Waals surface area contributed by atoms with E-state index in [1.54, 1.807) is 31.5 Å². The Morgan fingerprint density at radius 3 is 2.39 bits per heavy atom. The number of anilines is 1. The van der Waals surface area contributed by atoms with Crippen molar-refractivity contribution >= 4 is 27.0 Å². The van der Waals surface area contributed by atoms with Gasteiger partial charge < -0.3 is 0 Å². The second-order valence-corrected chi connectivity index (χ2v) is 8.22. The lowest BCUT2D eigenvalue weighted by Crippen LogP contribution is -2.30. The van der Waals surface area contributed by atoms with Crippen LogP contribution in [0.15, 0.2) is 65.3 Å². The van der Waals surface area contributed by atoms with Crippen molar-refractivity contribution in [3.63, 3.8) is 0 Å². The Bertz CT molecular complexity index is 878. The highest BCUT2D eigenvalue weighted by Gasteiger charge is 2.27. The maximum absolute atomic E-state index is 13.0. The highest BCUT2D eigenvalue weighted by molar-refractivity contribution is 7.94. The molecule has 3 rings (SSSR count). The van der Waals surface area contributed by atoms with Crippen LogP contribution in [0.3, 0.4) is 0 Å². The minimum absolute atomic E-state index is 0.239. The van der Waals surface area contributed by atoms with Crippen molar-refractivity contribution in [2.24, 2.45) is 0 Å². The Hall–Kier alpha value is -2.25. The fraction of sp³-hybridized carbons (Fsp3) is 0.125. The van der Waals surface area contributed by atoms with Crippen molar-refractivity contribution in [3.8, 4) is 0 Å². The molecule has 0 amide bonds. The summed E-state index contributed by atoms with van der Waals surface area (Å²) < 4.78 is 27.7. The summed E-state index contributed by atoms with van der Waals surface area (Å²) in [7, 11) is -3.67. The summed E-state index contributed by atoms with van der Waals surface area (Å²) in [4.78, 5) is 8.03. The molecule has 23 heavy (non-hydrogen) atoms. The van der Waals surface area contributed by atoms with Crippen LogP contribution in [0.5, 0.6) is 0 Å². The highest BCUT2D eigenvalue weighted by atomic mass is 32.2. The van der Waals surface area contributed by atoms with E-state index in [9.17, 15) is 8.42 Å². The van der Waals surface area contributed by atoms with Crippen molar-refractivity contribution in [3.05, 3.63) is 71.6 Å². The SMILES string of the molecule is Cc1ncc(S(=O)(=O)N(Cc2ccccc2)c2ccncc2)s1. The zero-order chi connectivity index (χ0) is 16.3. The Morgan fingerprint density at radius 2 is 1.78 bits per heavy atom. The Labute approximate surface area is 139 Å². The van der Waals surface area contributed by atoms with E-state index >= 15 is 0 Å². The van der Waals surface area contributed by atoms with Gasteiger partial charge in [-0.15, -0.1) is 11.3 Å². The van der Waals surface area contributed by atoms with E-state index in [1.807, 2.05) is 30.3 Å². The molecule has 2 aromatic heterocycles. The first kappa shape index (κ1) is 15.6. The van der Waals surface area contributed by atoms with Crippen LogP contribution in [0.1, 0.15) is 10.6 Å². The molecule has 5 nitrogen and oxygen atoms in total. The summed E-state index contributed by atoms with van der Waals surface area (Å²) in [6.07, 6.45) is 4.58. The lowest BCUT2D eigenvalue weighted by molar-refractivity contribution is 0.592. The van der Waals surface area contributed by atoms with Crippen LogP contribution in [-0.4, -0.2) is 18.4 Å². The van der Waals surface area contributed by atoms with E-state index in [1.165, 1.54) is 21.8 Å². The Balaban J connectivity index is 2.05. The zero-order valence-corrected chi connectivity index (χ0v) is 14.1. The second kappa shape index (κ2) is 6.47. The van der Waals surface area contributed by atoms with Gasteiger partial charge in [-0.25, -0.2) is 13.4 Å². The molecule has 0 bridgehead atoms. The van der Waals surface area contributed by atoms with E-state index in [-0.39, 0.29) is 10.8 Å². The van der Waals surface area contributed by atoms with Gasteiger partial charge >= 0.3 is 0 Å². The number of hydrogen-bond acceptors (Lipinski definition) is 5. The number of thiazole rings is 1. The average Bonchev–Trinajstić information content (AvgIpc) is 3.02. The molecule has 118 valence electrons. The van der Waals surface area contributed by atoms with Crippen molar-refractivity contribution in [1.82, 2.24) is 9.97 Å². The highest BCUT2D eigenvalue weighted by Crippen LogP contribution is 2.28. The van der Waals surface area contributed by atoms with Crippen LogP contribution in [0.4, 0.5) is 5.69 Å². The van der Waals surface area contributed by atoms with Crippen molar-refractivity contribution < 1.29 is 8.42 Å². The number of nitrogens with zero attached hydrogens (tertiary/aromatic N) is 3. The van der Waals surface area contributed by atoms with Crippen LogP contribution in [0, 0.1) is 6.92 Å². The second-order valence-electron chi connectivity index (χ2n) is 4.90. The third-order valence-electron chi connectivity index (χ3n) is 3.26. The molecule has 2 heterocycles. The number of aryl methyl sites for hydroxylation is 1. The molecule has 0 aliphatic carbocycles. The van der Waals surface area contributed by atoms with Gasteiger partial charge in [0.05, 0.1) is 23.4 Å². The summed E-state index contributed by atoms with van der Waals surface area (Å²) in [5.41, 5.74) is 1.49. The topological polar surface area (TPSA) is 63.2 Å². The molecule has 0 aliphatic rings. The molecule has 0 saturated carbocycles. The monoisotopic (exact) mass is 345 g/mol. The van der Waals surface area contributed by atoms with Gasteiger partial charge in [0.1, 0.15) is 0 Å². The van der Waals surface area contributed by atoms with E-state index < -0.39 is 10.0 Å². The molecule has 0 unspecified atom stereocenters. The first-order valence-electron chi connectivity index (χ1n) is 6.96. The maximum atomic E-state index is 13.0. The lowest BCUT2D eigenvalue weighted by Gasteiger charge is -2.23. The van der Waals surface area contributed by atoms with Gasteiger partial charge in [-0.05, 0) is 24.6 Å². The summed E-state index contributed by atoms with van der Waals surface area (Å²) in [6.45, 7) is 2.04. The Kier molecular flexibility index (Phi) is 4.40. The molecule has 7 heteroatoms.